The summed E-state index contributed by atoms with van der Waals surface area (Å²) in [5.41, 5.74) is 1.29. The number of pyridine rings is 2. The van der Waals surface area contributed by atoms with Gasteiger partial charge in [-0.1, -0.05) is 12.8 Å². The Bertz CT molecular complexity index is 749. The van der Waals surface area contributed by atoms with E-state index in [-0.39, 0.29) is 0 Å². The van der Waals surface area contributed by atoms with Crippen LogP contribution in [0.3, 0.4) is 0 Å². The van der Waals surface area contributed by atoms with E-state index in [0.717, 1.165) is 29.4 Å². The van der Waals surface area contributed by atoms with E-state index in [1.165, 1.54) is 0 Å². The van der Waals surface area contributed by atoms with Crippen molar-refractivity contribution < 1.29 is 19.7 Å². The van der Waals surface area contributed by atoms with Gasteiger partial charge in [0.15, 0.2) is 0 Å². The van der Waals surface area contributed by atoms with Gasteiger partial charge >= 0.3 is 5.97 Å². The van der Waals surface area contributed by atoms with Gasteiger partial charge < -0.3 is 14.9 Å². The Morgan fingerprint density at radius 2 is 2.21 bits per heavy atom. The fourth-order valence-corrected chi connectivity index (χ4v) is 3.60. The maximum atomic E-state index is 11.5. The molecule has 2 aromatic rings. The highest BCUT2D eigenvalue weighted by Gasteiger charge is 2.42. The van der Waals surface area contributed by atoms with Gasteiger partial charge in [0.25, 0.3) is 0 Å². The molecule has 0 amide bonds. The molecule has 6 nitrogen and oxygen atoms in total. The second-order valence-electron chi connectivity index (χ2n) is 6.43. The Labute approximate surface area is 140 Å². The highest BCUT2D eigenvalue weighted by molar-refractivity contribution is 5.78. The summed E-state index contributed by atoms with van der Waals surface area (Å²) < 4.78 is 5.17. The summed E-state index contributed by atoms with van der Waals surface area (Å²) in [5, 5.41) is 20.3. The van der Waals surface area contributed by atoms with Crippen LogP contribution in [0.25, 0.3) is 11.0 Å². The van der Waals surface area contributed by atoms with Crippen molar-refractivity contribution in [2.75, 3.05) is 7.11 Å². The van der Waals surface area contributed by atoms with E-state index in [1.54, 1.807) is 19.4 Å². The number of carboxylic acids is 1. The van der Waals surface area contributed by atoms with Crippen LogP contribution in [0.2, 0.25) is 0 Å². The minimum absolute atomic E-state index is 0.405. The first kappa shape index (κ1) is 16.6. The summed E-state index contributed by atoms with van der Waals surface area (Å²) in [6.07, 6.45) is 5.46. The van der Waals surface area contributed by atoms with Crippen LogP contribution >= 0.6 is 0 Å². The van der Waals surface area contributed by atoms with Gasteiger partial charge in [-0.3, -0.25) is 9.78 Å². The van der Waals surface area contributed by atoms with E-state index in [2.05, 4.69) is 9.97 Å². The molecule has 0 spiro atoms. The summed E-state index contributed by atoms with van der Waals surface area (Å²) in [6.45, 7) is 0. The van der Waals surface area contributed by atoms with Gasteiger partial charge in [0.05, 0.1) is 29.7 Å². The van der Waals surface area contributed by atoms with Crippen molar-refractivity contribution in [3.63, 3.8) is 0 Å². The first-order chi connectivity index (χ1) is 11.5. The zero-order chi connectivity index (χ0) is 17.2. The number of hydrogen-bond donors (Lipinski definition) is 2. The van der Waals surface area contributed by atoms with Crippen molar-refractivity contribution in [1.82, 2.24) is 9.97 Å². The van der Waals surface area contributed by atoms with Crippen molar-refractivity contribution >= 4 is 17.0 Å². The smallest absolute Gasteiger partial charge is 0.309 e. The minimum atomic E-state index is -1.15. The second kappa shape index (κ2) is 6.73. The van der Waals surface area contributed by atoms with Crippen LogP contribution in [-0.4, -0.2) is 38.9 Å². The number of carbonyl (C=O) groups is 1. The molecule has 1 aliphatic rings. The number of fused-ring (bicyclic) bond motifs is 1. The maximum Gasteiger partial charge on any atom is 0.309 e. The van der Waals surface area contributed by atoms with Crippen molar-refractivity contribution in [3.05, 3.63) is 30.0 Å². The quantitative estimate of drug-likeness (QED) is 0.875. The number of aromatic nitrogens is 2. The average Bonchev–Trinajstić information content (AvgIpc) is 2.59. The van der Waals surface area contributed by atoms with E-state index < -0.39 is 17.5 Å². The van der Waals surface area contributed by atoms with E-state index >= 15 is 0 Å². The molecule has 2 unspecified atom stereocenters. The van der Waals surface area contributed by atoms with E-state index in [0.29, 0.717) is 31.6 Å². The Morgan fingerprint density at radius 3 is 2.96 bits per heavy atom. The number of aliphatic carboxylic acids is 1. The molecular formula is C18H22N2O4. The topological polar surface area (TPSA) is 92.5 Å². The fourth-order valence-electron chi connectivity index (χ4n) is 3.60. The van der Waals surface area contributed by atoms with Gasteiger partial charge in [-0.2, -0.15) is 0 Å². The first-order valence-corrected chi connectivity index (χ1v) is 8.27. The fraction of sp³-hybridized carbons (Fsp3) is 0.500. The second-order valence-corrected chi connectivity index (χ2v) is 6.43. The molecule has 2 N–H and O–H groups in total. The zero-order valence-corrected chi connectivity index (χ0v) is 13.7. The molecule has 2 heterocycles. The lowest BCUT2D eigenvalue weighted by atomic mass is 9.72. The molecule has 1 aliphatic carbocycles. The average molecular weight is 330 g/mol. The van der Waals surface area contributed by atoms with Crippen LogP contribution in [0.1, 0.15) is 37.7 Å². The normalized spacial score (nSPS) is 24.0. The molecule has 128 valence electrons. The minimum Gasteiger partial charge on any atom is -0.481 e. The largest absolute Gasteiger partial charge is 0.481 e. The number of nitrogens with zero attached hydrogens (tertiary/aromatic N) is 2. The summed E-state index contributed by atoms with van der Waals surface area (Å²) >= 11 is 0. The van der Waals surface area contributed by atoms with E-state index in [1.807, 2.05) is 12.1 Å². The highest BCUT2D eigenvalue weighted by atomic mass is 16.5. The van der Waals surface area contributed by atoms with E-state index in [9.17, 15) is 15.0 Å². The molecule has 2 aromatic heterocycles. The Hall–Kier alpha value is -2.21. The van der Waals surface area contributed by atoms with E-state index in [4.69, 9.17) is 4.74 Å². The predicted octanol–water partition coefficient (Wildman–Crippen LogP) is 2.58. The predicted molar refractivity (Wildman–Crippen MR) is 89.0 cm³/mol. The Kier molecular flexibility index (Phi) is 4.66. The molecule has 0 radical (unpaired) electrons. The third-order valence-corrected chi connectivity index (χ3v) is 4.98. The molecule has 0 aromatic carbocycles. The number of carboxylic acid groups (broad SMARTS) is 1. The van der Waals surface area contributed by atoms with Gasteiger partial charge in [0.1, 0.15) is 0 Å². The van der Waals surface area contributed by atoms with Crippen LogP contribution in [0.4, 0.5) is 0 Å². The summed E-state index contributed by atoms with van der Waals surface area (Å²) in [7, 11) is 1.56. The number of rotatable bonds is 5. The lowest BCUT2D eigenvalue weighted by Crippen LogP contribution is -2.45. The van der Waals surface area contributed by atoms with Gasteiger partial charge in [-0.05, 0) is 43.4 Å². The third-order valence-electron chi connectivity index (χ3n) is 4.98. The number of aryl methyl sites for hydroxylation is 1. The first-order valence-electron chi connectivity index (χ1n) is 8.27. The van der Waals surface area contributed by atoms with Crippen LogP contribution in [0.5, 0.6) is 5.88 Å². The van der Waals surface area contributed by atoms with Gasteiger partial charge in [0, 0.05) is 12.3 Å². The van der Waals surface area contributed by atoms with Crippen LogP contribution in [0.15, 0.2) is 24.4 Å². The Balaban J connectivity index is 1.85. The number of aliphatic hydroxyl groups is 1. The molecule has 0 bridgehead atoms. The van der Waals surface area contributed by atoms with Crippen LogP contribution in [-0.2, 0) is 11.2 Å². The summed E-state index contributed by atoms with van der Waals surface area (Å²) in [5.74, 6) is -1.09. The number of ether oxygens (including phenoxy) is 1. The van der Waals surface area contributed by atoms with Crippen LogP contribution < -0.4 is 4.74 Å². The monoisotopic (exact) mass is 330 g/mol. The van der Waals surface area contributed by atoms with Crippen molar-refractivity contribution in [1.29, 1.82) is 0 Å². The Morgan fingerprint density at radius 1 is 1.38 bits per heavy atom. The van der Waals surface area contributed by atoms with Gasteiger partial charge in [-0.15, -0.1) is 0 Å². The lowest BCUT2D eigenvalue weighted by Gasteiger charge is -2.37. The van der Waals surface area contributed by atoms with Gasteiger partial charge in [-0.25, -0.2) is 4.98 Å². The maximum absolute atomic E-state index is 11.5. The molecular weight excluding hydrogens is 308 g/mol. The standard InChI is InChI=1S/C18H22N2O4/c1-24-15-6-5-14-16(20-15)12(8-11-19-14)7-10-18(23)9-3-2-4-13(18)17(21)22/h5-6,8,11,13,23H,2-4,7,9-10H2,1H3,(H,21,22). The number of hydrogen-bond acceptors (Lipinski definition) is 5. The molecule has 1 saturated carbocycles. The zero-order valence-electron chi connectivity index (χ0n) is 13.7. The molecule has 3 rings (SSSR count). The summed E-state index contributed by atoms with van der Waals surface area (Å²) in [4.78, 5) is 20.2. The van der Waals surface area contributed by atoms with Crippen molar-refractivity contribution in [3.8, 4) is 5.88 Å². The third kappa shape index (κ3) is 3.19. The number of methoxy groups -OCH3 is 1. The van der Waals surface area contributed by atoms with Crippen LogP contribution in [0, 0.1) is 5.92 Å². The molecule has 24 heavy (non-hydrogen) atoms. The van der Waals surface area contributed by atoms with Gasteiger partial charge in [0.2, 0.25) is 5.88 Å². The van der Waals surface area contributed by atoms with Crippen molar-refractivity contribution in [2.45, 2.75) is 44.1 Å². The molecule has 2 atom stereocenters. The lowest BCUT2D eigenvalue weighted by molar-refractivity contribution is -0.156. The van der Waals surface area contributed by atoms with Crippen molar-refractivity contribution in [2.24, 2.45) is 5.92 Å². The summed E-state index contributed by atoms with van der Waals surface area (Å²) in [6, 6.07) is 5.48. The SMILES string of the molecule is COc1ccc2nccc(CCC3(O)CCCCC3C(=O)O)c2n1. The highest BCUT2D eigenvalue weighted by Crippen LogP contribution is 2.37. The molecule has 0 saturated heterocycles. The molecule has 1 fully saturated rings. The molecule has 0 aliphatic heterocycles. The molecule has 6 heteroatoms.